The zero-order valence-corrected chi connectivity index (χ0v) is 13.2. The Morgan fingerprint density at radius 3 is 2.05 bits per heavy atom. The zero-order chi connectivity index (χ0) is 14.4. The molecule has 5 heteroatoms. The van der Waals surface area contributed by atoms with E-state index in [0.29, 0.717) is 0 Å². The predicted octanol–water partition coefficient (Wildman–Crippen LogP) is 5.04. The first kappa shape index (κ1) is 15.1. The Morgan fingerprint density at radius 2 is 1.60 bits per heavy atom. The van der Waals surface area contributed by atoms with Gasteiger partial charge in [-0.3, -0.25) is 4.21 Å². The van der Waals surface area contributed by atoms with E-state index in [-0.39, 0.29) is 5.82 Å². The number of thiophene rings is 2. The van der Waals surface area contributed by atoms with Crippen LogP contribution in [0.2, 0.25) is 0 Å². The van der Waals surface area contributed by atoms with Crippen molar-refractivity contribution in [3.8, 4) is 10.4 Å². The minimum atomic E-state index is -0.779. The van der Waals surface area contributed by atoms with Crippen LogP contribution in [-0.2, 0) is 10.8 Å². The maximum atomic E-state index is 12.5. The molecule has 0 amide bonds. The van der Waals surface area contributed by atoms with Crippen LogP contribution in [0.3, 0.4) is 0 Å². The molecule has 104 valence electrons. The molecule has 0 saturated heterocycles. The van der Waals surface area contributed by atoms with Gasteiger partial charge in [-0.25, -0.2) is 4.39 Å². The Bertz CT molecular complexity index is 643. The Hall–Kier alpha value is -1.30. The lowest BCUT2D eigenvalue weighted by Gasteiger charge is -1.94. The summed E-state index contributed by atoms with van der Waals surface area (Å²) in [5, 5.41) is 3.94. The van der Waals surface area contributed by atoms with Gasteiger partial charge in [0.2, 0.25) is 0 Å². The van der Waals surface area contributed by atoms with Crippen LogP contribution in [0.1, 0.15) is 0 Å². The predicted molar refractivity (Wildman–Crippen MR) is 86.4 cm³/mol. The summed E-state index contributed by atoms with van der Waals surface area (Å²) < 4.78 is 24.1. The molecule has 3 aromatic rings. The maximum Gasteiger partial charge on any atom is 0.123 e. The second-order valence-corrected chi connectivity index (χ2v) is 7.37. The van der Waals surface area contributed by atoms with E-state index >= 15 is 0 Å². The van der Waals surface area contributed by atoms with E-state index in [9.17, 15) is 8.60 Å². The average molecular weight is 324 g/mol. The quantitative estimate of drug-likeness (QED) is 0.645. The third-order valence-corrected chi connectivity index (χ3v) is 5.70. The first-order valence-corrected chi connectivity index (χ1v) is 9.15. The molecule has 0 saturated carbocycles. The molecule has 0 radical (unpaired) electrons. The highest BCUT2D eigenvalue weighted by Gasteiger charge is 1.97. The van der Waals surface area contributed by atoms with E-state index < -0.39 is 10.8 Å². The summed E-state index contributed by atoms with van der Waals surface area (Å²) in [4.78, 5) is 1.18. The molecule has 2 aromatic heterocycles. The van der Waals surface area contributed by atoms with Crippen LogP contribution in [0, 0.1) is 5.82 Å². The van der Waals surface area contributed by atoms with Gasteiger partial charge in [0.25, 0.3) is 0 Å². The van der Waals surface area contributed by atoms with Gasteiger partial charge in [0.05, 0.1) is 15.0 Å². The van der Waals surface area contributed by atoms with Crippen molar-refractivity contribution in [2.75, 3.05) is 6.26 Å². The molecule has 0 bridgehead atoms. The van der Waals surface area contributed by atoms with Crippen molar-refractivity contribution in [3.05, 3.63) is 65.1 Å². The fourth-order valence-corrected chi connectivity index (χ4v) is 3.64. The van der Waals surface area contributed by atoms with Crippen molar-refractivity contribution in [2.24, 2.45) is 0 Å². The van der Waals surface area contributed by atoms with Crippen LogP contribution in [-0.4, -0.2) is 10.5 Å². The summed E-state index contributed by atoms with van der Waals surface area (Å²) >= 11 is 3.19. The smallest absolute Gasteiger partial charge is 0.123 e. The van der Waals surface area contributed by atoms with Gasteiger partial charge in [-0.05, 0) is 40.6 Å². The lowest BCUT2D eigenvalue weighted by Crippen LogP contribution is -1.78. The van der Waals surface area contributed by atoms with Gasteiger partial charge >= 0.3 is 0 Å². The van der Waals surface area contributed by atoms with Gasteiger partial charge in [0.15, 0.2) is 0 Å². The number of hydrogen-bond donors (Lipinski definition) is 0. The van der Waals surface area contributed by atoms with E-state index in [2.05, 4.69) is 0 Å². The summed E-state index contributed by atoms with van der Waals surface area (Å²) in [6.07, 6.45) is 1.69. The van der Waals surface area contributed by atoms with Crippen LogP contribution in [0.25, 0.3) is 10.4 Å². The third-order valence-electron chi connectivity index (χ3n) is 2.43. The molecule has 2 heterocycles. The summed E-state index contributed by atoms with van der Waals surface area (Å²) in [6.45, 7) is 0. The molecule has 0 spiro atoms. The zero-order valence-electron chi connectivity index (χ0n) is 10.8. The van der Waals surface area contributed by atoms with Crippen molar-refractivity contribution >= 4 is 33.5 Å². The second-order valence-electron chi connectivity index (χ2n) is 3.87. The van der Waals surface area contributed by atoms with Gasteiger partial charge in [0.1, 0.15) is 5.82 Å². The number of halogens is 1. The maximum absolute atomic E-state index is 12.5. The van der Waals surface area contributed by atoms with Crippen molar-refractivity contribution in [3.63, 3.8) is 0 Å². The highest BCUT2D eigenvalue weighted by atomic mass is 32.2. The van der Waals surface area contributed by atoms with Crippen LogP contribution in [0.4, 0.5) is 4.39 Å². The molecular weight excluding hydrogens is 311 g/mol. The fraction of sp³-hybridized carbons (Fsp3) is 0.0667. The lowest BCUT2D eigenvalue weighted by atomic mass is 10.2. The summed E-state index contributed by atoms with van der Waals surface area (Å²) in [5.74, 6) is -0.185. The molecule has 0 N–H and O–H groups in total. The highest BCUT2D eigenvalue weighted by molar-refractivity contribution is 7.86. The molecular formula is C15H13FOS3. The molecule has 20 heavy (non-hydrogen) atoms. The van der Waals surface area contributed by atoms with E-state index in [1.165, 1.54) is 28.3 Å². The average Bonchev–Trinajstić information content (AvgIpc) is 3.14. The summed E-state index contributed by atoms with van der Waals surface area (Å²) in [5.41, 5.74) is 1.08. The Balaban J connectivity index is 0.000000160. The topological polar surface area (TPSA) is 17.1 Å². The van der Waals surface area contributed by atoms with Gasteiger partial charge < -0.3 is 0 Å². The van der Waals surface area contributed by atoms with Crippen molar-refractivity contribution in [1.29, 1.82) is 0 Å². The van der Waals surface area contributed by atoms with E-state index in [4.69, 9.17) is 0 Å². The van der Waals surface area contributed by atoms with Gasteiger partial charge in [-0.2, -0.15) is 0 Å². The fourth-order valence-electron chi connectivity index (χ4n) is 1.48. The van der Waals surface area contributed by atoms with E-state index in [1.807, 2.05) is 35.0 Å². The van der Waals surface area contributed by atoms with Crippen molar-refractivity contribution in [1.82, 2.24) is 0 Å². The lowest BCUT2D eigenvalue weighted by molar-refractivity contribution is 0.628. The number of benzene rings is 1. The van der Waals surface area contributed by atoms with E-state index in [1.54, 1.807) is 29.7 Å². The van der Waals surface area contributed by atoms with Crippen LogP contribution in [0.15, 0.2) is 63.5 Å². The van der Waals surface area contributed by atoms with Gasteiger partial charge in [0, 0.05) is 11.1 Å². The molecule has 1 atom stereocenters. The minimum absolute atomic E-state index is 0.185. The second kappa shape index (κ2) is 7.47. The first-order valence-electron chi connectivity index (χ1n) is 5.83. The Labute approximate surface area is 128 Å². The molecule has 0 aliphatic heterocycles. The summed E-state index contributed by atoms with van der Waals surface area (Å²) in [6, 6.07) is 14.3. The number of rotatable bonds is 2. The van der Waals surface area contributed by atoms with Crippen LogP contribution < -0.4 is 0 Å². The molecule has 1 unspecified atom stereocenters. The van der Waals surface area contributed by atoms with Gasteiger partial charge in [-0.1, -0.05) is 24.3 Å². The van der Waals surface area contributed by atoms with E-state index in [0.717, 1.165) is 9.77 Å². The third kappa shape index (κ3) is 4.37. The van der Waals surface area contributed by atoms with Crippen LogP contribution in [0.5, 0.6) is 0 Å². The van der Waals surface area contributed by atoms with Crippen LogP contribution >= 0.6 is 22.7 Å². The molecule has 0 aliphatic rings. The molecule has 1 nitrogen and oxygen atoms in total. The molecule has 3 rings (SSSR count). The van der Waals surface area contributed by atoms with Gasteiger partial charge in [-0.15, -0.1) is 22.7 Å². The normalized spacial score (nSPS) is 11.5. The standard InChI is InChI=1S/C10H7FS.C5H6OS2/c11-9-5-3-8(4-6-9)10-2-1-7-12-10;1-8(6)5-3-2-4-7-5/h1-7H;2-4H,1H3. The molecule has 0 aliphatic carbocycles. The monoisotopic (exact) mass is 324 g/mol. The highest BCUT2D eigenvalue weighted by Crippen LogP contribution is 2.24. The number of hydrogen-bond acceptors (Lipinski definition) is 3. The Morgan fingerprint density at radius 1 is 0.950 bits per heavy atom. The minimum Gasteiger partial charge on any atom is -0.254 e. The SMILES string of the molecule is CS(=O)c1cccs1.Fc1ccc(-c2cccs2)cc1. The molecule has 0 fully saturated rings. The van der Waals surface area contributed by atoms with Crippen molar-refractivity contribution < 1.29 is 8.60 Å². The first-order chi connectivity index (χ1) is 9.66. The Kier molecular flexibility index (Phi) is 5.64. The van der Waals surface area contributed by atoms with Crippen molar-refractivity contribution in [2.45, 2.75) is 4.21 Å². The summed E-state index contributed by atoms with van der Waals surface area (Å²) in [7, 11) is -0.779. The molecule has 1 aromatic carbocycles. The largest absolute Gasteiger partial charge is 0.254 e.